The summed E-state index contributed by atoms with van der Waals surface area (Å²) in [7, 11) is 0. The molecule has 1 aliphatic rings. The zero-order valence-corrected chi connectivity index (χ0v) is 10.5. The summed E-state index contributed by atoms with van der Waals surface area (Å²) in [5.41, 5.74) is -0.369. The van der Waals surface area contributed by atoms with Crippen molar-refractivity contribution in [2.45, 2.75) is 52.1 Å². The van der Waals surface area contributed by atoms with Crippen molar-refractivity contribution in [3.8, 4) is 0 Å². The second-order valence-corrected chi connectivity index (χ2v) is 5.61. The fraction of sp³-hybridized carbons (Fsp3) is 0.769. The van der Waals surface area contributed by atoms with E-state index in [1.165, 1.54) is 6.08 Å². The Morgan fingerprint density at radius 2 is 1.88 bits per heavy atom. The van der Waals surface area contributed by atoms with E-state index < -0.39 is 5.60 Å². The number of allylic oxidation sites excluding steroid dienone is 1. The summed E-state index contributed by atoms with van der Waals surface area (Å²) in [5.74, 6) is -0.124. The molecule has 0 aromatic heterocycles. The molecular formula is C13H23NO2. The van der Waals surface area contributed by atoms with E-state index in [-0.39, 0.29) is 5.91 Å². The largest absolute Gasteiger partial charge is 0.388 e. The third kappa shape index (κ3) is 3.97. The van der Waals surface area contributed by atoms with Crippen LogP contribution < -0.4 is 5.32 Å². The molecular weight excluding hydrogens is 202 g/mol. The molecule has 1 aliphatic carbocycles. The van der Waals surface area contributed by atoms with E-state index in [9.17, 15) is 9.90 Å². The van der Waals surface area contributed by atoms with Crippen molar-refractivity contribution in [2.75, 3.05) is 6.54 Å². The van der Waals surface area contributed by atoms with Gasteiger partial charge >= 0.3 is 0 Å². The van der Waals surface area contributed by atoms with Crippen LogP contribution in [-0.2, 0) is 4.79 Å². The molecule has 3 nitrogen and oxygen atoms in total. The predicted molar refractivity (Wildman–Crippen MR) is 65.0 cm³/mol. The standard InChI is InChI=1S/C13H23NO2/c1-4-5-11(15)14-10-13(16)8-6-12(2,3)7-9-13/h4-5,16H,6-10H2,1-3H3,(H,14,15). The Morgan fingerprint density at radius 1 is 1.31 bits per heavy atom. The zero-order chi connectivity index (χ0) is 12.2. The Morgan fingerprint density at radius 3 is 2.38 bits per heavy atom. The van der Waals surface area contributed by atoms with Gasteiger partial charge in [0, 0.05) is 6.54 Å². The molecule has 0 aromatic rings. The second kappa shape index (κ2) is 5.00. The molecule has 0 aromatic carbocycles. The average molecular weight is 225 g/mol. The van der Waals surface area contributed by atoms with E-state index in [0.29, 0.717) is 12.0 Å². The summed E-state index contributed by atoms with van der Waals surface area (Å²) in [6, 6.07) is 0. The molecule has 1 rings (SSSR count). The first-order valence-corrected chi connectivity index (χ1v) is 6.00. The van der Waals surface area contributed by atoms with E-state index in [4.69, 9.17) is 0 Å². The van der Waals surface area contributed by atoms with Gasteiger partial charge in [0.15, 0.2) is 0 Å². The van der Waals surface area contributed by atoms with Crippen LogP contribution in [0.1, 0.15) is 46.5 Å². The van der Waals surface area contributed by atoms with Crippen LogP contribution in [0, 0.1) is 5.41 Å². The molecule has 0 spiro atoms. The van der Waals surface area contributed by atoms with Gasteiger partial charge in [0.25, 0.3) is 0 Å². The minimum atomic E-state index is -0.702. The minimum Gasteiger partial charge on any atom is -0.388 e. The third-order valence-electron chi connectivity index (χ3n) is 3.44. The fourth-order valence-corrected chi connectivity index (χ4v) is 2.03. The van der Waals surface area contributed by atoms with Crippen molar-refractivity contribution in [1.82, 2.24) is 5.32 Å². The number of hydrogen-bond donors (Lipinski definition) is 2. The minimum absolute atomic E-state index is 0.124. The summed E-state index contributed by atoms with van der Waals surface area (Å²) >= 11 is 0. The predicted octanol–water partition coefficient (Wildman–Crippen LogP) is 2.01. The Labute approximate surface area is 97.9 Å². The van der Waals surface area contributed by atoms with Crippen molar-refractivity contribution >= 4 is 5.91 Å². The molecule has 2 N–H and O–H groups in total. The van der Waals surface area contributed by atoms with E-state index in [1.54, 1.807) is 13.0 Å². The van der Waals surface area contributed by atoms with Gasteiger partial charge in [-0.05, 0) is 44.1 Å². The van der Waals surface area contributed by atoms with Crippen LogP contribution in [0.15, 0.2) is 12.2 Å². The van der Waals surface area contributed by atoms with Gasteiger partial charge in [0.05, 0.1) is 5.60 Å². The maximum absolute atomic E-state index is 11.2. The van der Waals surface area contributed by atoms with Crippen molar-refractivity contribution in [2.24, 2.45) is 5.41 Å². The van der Waals surface area contributed by atoms with Crippen LogP contribution in [0.5, 0.6) is 0 Å². The molecule has 3 heteroatoms. The van der Waals surface area contributed by atoms with Crippen LogP contribution in [0.25, 0.3) is 0 Å². The molecule has 1 saturated carbocycles. The Bertz CT molecular complexity index is 272. The quantitative estimate of drug-likeness (QED) is 0.722. The number of amides is 1. The highest BCUT2D eigenvalue weighted by molar-refractivity contribution is 5.87. The summed E-state index contributed by atoms with van der Waals surface area (Å²) in [6.45, 7) is 6.62. The molecule has 0 atom stereocenters. The van der Waals surface area contributed by atoms with Crippen molar-refractivity contribution in [3.05, 3.63) is 12.2 Å². The summed E-state index contributed by atoms with van der Waals surface area (Å²) in [5, 5.41) is 13.0. The van der Waals surface area contributed by atoms with Gasteiger partial charge < -0.3 is 10.4 Å². The number of aliphatic hydroxyl groups is 1. The van der Waals surface area contributed by atoms with E-state index >= 15 is 0 Å². The van der Waals surface area contributed by atoms with Gasteiger partial charge in [-0.25, -0.2) is 0 Å². The molecule has 0 bridgehead atoms. The second-order valence-electron chi connectivity index (χ2n) is 5.61. The summed E-state index contributed by atoms with van der Waals surface area (Å²) in [4.78, 5) is 11.2. The van der Waals surface area contributed by atoms with E-state index in [0.717, 1.165) is 25.7 Å². The number of carbonyl (C=O) groups excluding carboxylic acids is 1. The first kappa shape index (κ1) is 13.2. The lowest BCUT2D eigenvalue weighted by atomic mass is 9.71. The van der Waals surface area contributed by atoms with Gasteiger partial charge in [-0.3, -0.25) is 4.79 Å². The SMILES string of the molecule is CC=CC(=O)NCC1(O)CCC(C)(C)CC1. The molecule has 0 aliphatic heterocycles. The topological polar surface area (TPSA) is 49.3 Å². The van der Waals surface area contributed by atoms with Crippen LogP contribution in [0.4, 0.5) is 0 Å². The lowest BCUT2D eigenvalue weighted by Gasteiger charge is -2.40. The Balaban J connectivity index is 2.40. The number of nitrogens with one attached hydrogen (secondary N) is 1. The summed E-state index contributed by atoms with van der Waals surface area (Å²) in [6.07, 6.45) is 6.76. The average Bonchev–Trinajstić information content (AvgIpc) is 2.21. The van der Waals surface area contributed by atoms with Crippen LogP contribution in [-0.4, -0.2) is 23.2 Å². The van der Waals surface area contributed by atoms with E-state index in [1.807, 2.05) is 0 Å². The normalized spacial score (nSPS) is 23.2. The maximum Gasteiger partial charge on any atom is 0.243 e. The molecule has 0 heterocycles. The van der Waals surface area contributed by atoms with Gasteiger partial charge in [-0.15, -0.1) is 0 Å². The van der Waals surface area contributed by atoms with Gasteiger partial charge in [-0.1, -0.05) is 19.9 Å². The van der Waals surface area contributed by atoms with Crippen molar-refractivity contribution < 1.29 is 9.90 Å². The first-order chi connectivity index (χ1) is 7.37. The molecule has 0 saturated heterocycles. The highest BCUT2D eigenvalue weighted by Gasteiger charge is 2.36. The van der Waals surface area contributed by atoms with Crippen molar-refractivity contribution in [3.63, 3.8) is 0 Å². The molecule has 92 valence electrons. The highest BCUT2D eigenvalue weighted by atomic mass is 16.3. The van der Waals surface area contributed by atoms with Crippen LogP contribution >= 0.6 is 0 Å². The van der Waals surface area contributed by atoms with E-state index in [2.05, 4.69) is 19.2 Å². The number of hydrogen-bond acceptors (Lipinski definition) is 2. The van der Waals surface area contributed by atoms with Gasteiger partial charge in [-0.2, -0.15) is 0 Å². The maximum atomic E-state index is 11.2. The molecule has 16 heavy (non-hydrogen) atoms. The smallest absolute Gasteiger partial charge is 0.243 e. The van der Waals surface area contributed by atoms with Gasteiger partial charge in [0.2, 0.25) is 5.91 Å². The summed E-state index contributed by atoms with van der Waals surface area (Å²) < 4.78 is 0. The fourth-order valence-electron chi connectivity index (χ4n) is 2.03. The van der Waals surface area contributed by atoms with Crippen molar-refractivity contribution in [1.29, 1.82) is 0 Å². The number of carbonyl (C=O) groups is 1. The lowest BCUT2D eigenvalue weighted by Crippen LogP contribution is -2.46. The molecule has 1 fully saturated rings. The highest BCUT2D eigenvalue weighted by Crippen LogP contribution is 2.39. The molecule has 0 unspecified atom stereocenters. The Hall–Kier alpha value is -0.830. The lowest BCUT2D eigenvalue weighted by molar-refractivity contribution is -0.118. The third-order valence-corrected chi connectivity index (χ3v) is 3.44. The van der Waals surface area contributed by atoms with Crippen LogP contribution in [0.3, 0.4) is 0 Å². The van der Waals surface area contributed by atoms with Gasteiger partial charge in [0.1, 0.15) is 0 Å². The molecule has 0 radical (unpaired) electrons. The zero-order valence-electron chi connectivity index (χ0n) is 10.5. The Kier molecular flexibility index (Phi) is 4.14. The monoisotopic (exact) mass is 225 g/mol. The van der Waals surface area contributed by atoms with Crippen LogP contribution in [0.2, 0.25) is 0 Å². The molecule has 1 amide bonds. The number of rotatable bonds is 3. The first-order valence-electron chi connectivity index (χ1n) is 6.00.